The molecule has 0 saturated heterocycles. The van der Waals surface area contributed by atoms with Gasteiger partial charge in [-0.05, 0) is 101 Å². The molecule has 0 spiro atoms. The second kappa shape index (κ2) is 16.5. The van der Waals surface area contributed by atoms with Crippen LogP contribution in [0.15, 0.2) is 193 Å². The summed E-state index contributed by atoms with van der Waals surface area (Å²) in [7, 11) is 0. The van der Waals surface area contributed by atoms with Crippen molar-refractivity contribution in [3.63, 3.8) is 0 Å². The molecule has 10 bridgehead atoms. The van der Waals surface area contributed by atoms with Crippen molar-refractivity contribution in [1.29, 1.82) is 0 Å². The molecule has 3 aromatic heterocycles. The third-order valence-corrected chi connectivity index (χ3v) is 13.3. The van der Waals surface area contributed by atoms with Gasteiger partial charge in [0.25, 0.3) is 0 Å². The van der Waals surface area contributed by atoms with Gasteiger partial charge in [0.05, 0.1) is 5.52 Å². The number of para-hydroxylation sites is 4. The van der Waals surface area contributed by atoms with E-state index in [-0.39, 0.29) is 31.9 Å². The van der Waals surface area contributed by atoms with E-state index in [0.717, 1.165) is 93.4 Å². The molecule has 0 unspecified atom stereocenters. The van der Waals surface area contributed by atoms with Crippen LogP contribution in [0.1, 0.15) is 52.7 Å². The molecule has 11 aromatic rings. The first-order chi connectivity index (χ1) is 32.5. The van der Waals surface area contributed by atoms with Crippen LogP contribution in [0.3, 0.4) is 0 Å². The summed E-state index contributed by atoms with van der Waals surface area (Å²) in [5.74, 6) is 0. The summed E-state index contributed by atoms with van der Waals surface area (Å²) < 4.78 is 13.6. The Morgan fingerprint density at radius 1 is 0.500 bits per heavy atom. The fraction of sp³-hybridized carbons (Fsp3) is 0.129. The molecule has 4 heterocycles. The summed E-state index contributed by atoms with van der Waals surface area (Å²) in [4.78, 5) is 5.53. The molecule has 8 aromatic carbocycles. The van der Waals surface area contributed by atoms with Crippen LogP contribution in [0.5, 0.6) is 0 Å². The quantitative estimate of drug-likeness (QED) is 0.154. The van der Waals surface area contributed by atoms with Crippen molar-refractivity contribution in [3.8, 4) is 22.5 Å². The molecular formula is C62H49N4OPt-3. The molecule has 0 aliphatic carbocycles. The molecule has 6 heteroatoms. The van der Waals surface area contributed by atoms with Gasteiger partial charge in [0.2, 0.25) is 0 Å². The molecule has 0 radical (unpaired) electrons. The van der Waals surface area contributed by atoms with E-state index in [0.29, 0.717) is 11.2 Å². The first-order valence-electron chi connectivity index (χ1n) is 23.1. The van der Waals surface area contributed by atoms with Gasteiger partial charge >= 0.3 is 0 Å². The first kappa shape index (κ1) is 43.3. The maximum Gasteiger partial charge on any atom is 0.136 e. The van der Waals surface area contributed by atoms with E-state index in [4.69, 9.17) is 9.40 Å². The third-order valence-electron chi connectivity index (χ3n) is 13.3. The summed E-state index contributed by atoms with van der Waals surface area (Å²) in [5, 5.41) is 7.75. The molecular weight excluding hydrogens is 1010 g/mol. The summed E-state index contributed by atoms with van der Waals surface area (Å²) >= 11 is 0. The Kier molecular flexibility index (Phi) is 10.5. The number of imidazole rings is 1. The second-order valence-corrected chi connectivity index (χ2v) is 19.8. The van der Waals surface area contributed by atoms with Gasteiger partial charge in [-0.15, -0.1) is 29.1 Å². The zero-order chi connectivity index (χ0) is 45.6. The summed E-state index contributed by atoms with van der Waals surface area (Å²) in [5.41, 5.74) is 13.5. The van der Waals surface area contributed by atoms with E-state index in [2.05, 4.69) is 237 Å². The van der Waals surface area contributed by atoms with Gasteiger partial charge in [-0.25, -0.2) is 4.98 Å². The first-order valence-corrected chi connectivity index (χ1v) is 23.1. The maximum atomic E-state index is 6.74. The zero-order valence-corrected chi connectivity index (χ0v) is 41.2. The van der Waals surface area contributed by atoms with E-state index in [9.17, 15) is 0 Å². The van der Waals surface area contributed by atoms with Crippen LogP contribution >= 0.6 is 0 Å². The second-order valence-electron chi connectivity index (χ2n) is 19.8. The van der Waals surface area contributed by atoms with E-state index in [1.807, 2.05) is 18.2 Å². The number of fused-ring (bicyclic) bond motifs is 23. The average Bonchev–Trinajstić information content (AvgIpc) is 3.89. The van der Waals surface area contributed by atoms with Gasteiger partial charge in [0.1, 0.15) is 5.65 Å². The topological polar surface area (TPSA) is 40.3 Å². The zero-order valence-electron chi connectivity index (χ0n) is 38.9. The number of rotatable bonds is 1. The molecule has 5 nitrogen and oxygen atoms in total. The van der Waals surface area contributed by atoms with Crippen LogP contribution in [0.2, 0.25) is 0 Å². The Hall–Kier alpha value is -7.33. The monoisotopic (exact) mass is 1060 g/mol. The Bertz CT molecular complexity index is 4080. The van der Waals surface area contributed by atoms with Crippen molar-refractivity contribution in [3.05, 3.63) is 212 Å². The van der Waals surface area contributed by atoms with Crippen molar-refractivity contribution in [1.82, 2.24) is 18.5 Å². The minimum Gasteiger partial charge on any atom is -0.510 e. The van der Waals surface area contributed by atoms with Crippen LogP contribution in [0.4, 0.5) is 0 Å². The maximum absolute atomic E-state index is 6.74. The molecule has 12 rings (SSSR count). The van der Waals surface area contributed by atoms with E-state index < -0.39 is 0 Å². The van der Waals surface area contributed by atoms with Crippen LogP contribution in [-0.2, 0) is 31.9 Å². The minimum atomic E-state index is -0.158. The van der Waals surface area contributed by atoms with Crippen LogP contribution in [-0.4, -0.2) is 18.5 Å². The van der Waals surface area contributed by atoms with Crippen LogP contribution in [0, 0.1) is 12.1 Å². The van der Waals surface area contributed by atoms with Crippen molar-refractivity contribution in [2.75, 3.05) is 0 Å². The van der Waals surface area contributed by atoms with Crippen LogP contribution in [0.25, 0.3) is 105 Å². The van der Waals surface area contributed by atoms with Crippen molar-refractivity contribution in [2.45, 2.75) is 52.4 Å². The largest absolute Gasteiger partial charge is 0.510 e. The molecule has 1 aliphatic rings. The van der Waals surface area contributed by atoms with Crippen molar-refractivity contribution < 1.29 is 25.5 Å². The van der Waals surface area contributed by atoms with Gasteiger partial charge in [-0.2, -0.15) is 24.3 Å². The number of pyridine rings is 1. The standard InChI is InChI=1S/C62H49N4O.Pt/c1-61(2,3)43-20-14-18-41(34-43)49-26-16-27-53-50-24-8-7-23-48(50)40-17-13-19-42(33-40)54-35-44(62(4,5)6)36-59(63-54)66-55-28-10-9-25-51(55)52-32-31-47(38-58(52)66)67-46-22-15-21-45(37-46)64-39-65(60(49)53)57-30-12-11-29-56(57)64;/h7-36,39H,1-6H3;/q-3;. The smallest absolute Gasteiger partial charge is 0.136 e. The van der Waals surface area contributed by atoms with E-state index in [1.165, 1.54) is 11.1 Å². The van der Waals surface area contributed by atoms with Crippen molar-refractivity contribution in [2.24, 2.45) is 0 Å². The van der Waals surface area contributed by atoms with Gasteiger partial charge in [0, 0.05) is 49.5 Å². The number of nitrogens with zero attached hydrogens (tertiary/aromatic N) is 4. The van der Waals surface area contributed by atoms with Gasteiger partial charge in [-0.1, -0.05) is 174 Å². The molecule has 0 N–H and O–H groups in total. The molecule has 0 amide bonds. The summed E-state index contributed by atoms with van der Waals surface area (Å²) in [6, 6.07) is 72.8. The van der Waals surface area contributed by atoms with Crippen LogP contribution < -0.4 is 0 Å². The number of hydrogen-bond donors (Lipinski definition) is 0. The van der Waals surface area contributed by atoms with Crippen molar-refractivity contribution >= 4 is 82.1 Å². The van der Waals surface area contributed by atoms with Gasteiger partial charge in [0.15, 0.2) is 0 Å². The Balaban J connectivity index is 0.00000507. The molecule has 0 saturated carbocycles. The average molecular weight is 1060 g/mol. The SMILES string of the molecule is CC(C)(C)c1cccc(-c2cccc3c4ccccc4c4cccc(c4)c4cc(C(C)(C)C)cc(n4)n4c5[c-]c(ccc5c5ccccc54)oc4[c-]c(ccc4)n4[cH-]n(c23)-c2ccccc2-4)c1.[Pt]. The fourth-order valence-electron chi connectivity index (χ4n) is 9.84. The van der Waals surface area contributed by atoms with E-state index in [1.54, 1.807) is 0 Å². The predicted octanol–water partition coefficient (Wildman–Crippen LogP) is 16.4. The van der Waals surface area contributed by atoms with Gasteiger partial charge < -0.3 is 18.0 Å². The normalized spacial score (nSPS) is 12.1. The molecule has 0 atom stereocenters. The fourth-order valence-corrected chi connectivity index (χ4v) is 9.84. The Labute approximate surface area is 410 Å². The minimum absolute atomic E-state index is 0. The molecule has 336 valence electrons. The molecule has 1 aliphatic heterocycles. The number of aromatic nitrogens is 4. The Morgan fingerprint density at radius 3 is 1.97 bits per heavy atom. The summed E-state index contributed by atoms with van der Waals surface area (Å²) in [6.07, 6.45) is 2.21. The molecule has 0 fully saturated rings. The Morgan fingerprint density at radius 2 is 1.16 bits per heavy atom. The third kappa shape index (κ3) is 7.37. The number of hydrogen-bond acceptors (Lipinski definition) is 2. The predicted molar refractivity (Wildman–Crippen MR) is 280 cm³/mol. The van der Waals surface area contributed by atoms with E-state index >= 15 is 0 Å². The number of benzene rings is 8. The molecule has 68 heavy (non-hydrogen) atoms. The summed E-state index contributed by atoms with van der Waals surface area (Å²) in [6.45, 7) is 13.6. The van der Waals surface area contributed by atoms with Gasteiger partial charge in [-0.3, -0.25) is 0 Å².